The molecule has 1 aromatic heterocycles. The summed E-state index contributed by atoms with van der Waals surface area (Å²) < 4.78 is 0. The average molecular weight is 222 g/mol. The van der Waals surface area contributed by atoms with Crippen molar-refractivity contribution >= 4 is 5.97 Å². The number of rotatable bonds is 6. The second-order valence-electron chi connectivity index (χ2n) is 4.09. The molecule has 1 heterocycles. The van der Waals surface area contributed by atoms with Gasteiger partial charge < -0.3 is 10.4 Å². The van der Waals surface area contributed by atoms with E-state index in [1.807, 2.05) is 32.0 Å². The first-order valence-corrected chi connectivity index (χ1v) is 5.47. The van der Waals surface area contributed by atoms with Gasteiger partial charge in [-0.1, -0.05) is 19.9 Å². The Bertz CT molecular complexity index is 325. The molecular formula is C12H18N2O2. The van der Waals surface area contributed by atoms with Crippen LogP contribution in [-0.4, -0.2) is 28.6 Å². The van der Waals surface area contributed by atoms with E-state index in [9.17, 15) is 4.79 Å². The molecule has 1 aromatic rings. The quantitative estimate of drug-likeness (QED) is 0.762. The zero-order chi connectivity index (χ0) is 12.0. The Kier molecular flexibility index (Phi) is 4.92. The van der Waals surface area contributed by atoms with Gasteiger partial charge in [-0.05, 0) is 18.1 Å². The molecule has 0 aromatic carbocycles. The van der Waals surface area contributed by atoms with Gasteiger partial charge in [0.2, 0.25) is 0 Å². The van der Waals surface area contributed by atoms with Crippen LogP contribution in [0.1, 0.15) is 19.5 Å². The molecule has 1 rings (SSSR count). The number of nitrogens with zero attached hydrogens (tertiary/aromatic N) is 1. The van der Waals surface area contributed by atoms with Crippen LogP contribution in [0.3, 0.4) is 0 Å². The van der Waals surface area contributed by atoms with Crippen LogP contribution in [0.5, 0.6) is 0 Å². The molecule has 0 bridgehead atoms. The maximum absolute atomic E-state index is 10.9. The Balaban J connectivity index is 2.37. The second kappa shape index (κ2) is 6.23. The minimum Gasteiger partial charge on any atom is -0.480 e. The number of carboxylic acids is 1. The SMILES string of the molecule is CC(C)C(NCCc1ccccn1)C(=O)O. The molecule has 0 spiro atoms. The maximum Gasteiger partial charge on any atom is 0.320 e. The van der Waals surface area contributed by atoms with Gasteiger partial charge in [0.1, 0.15) is 6.04 Å². The summed E-state index contributed by atoms with van der Waals surface area (Å²) in [5.41, 5.74) is 0.975. The summed E-state index contributed by atoms with van der Waals surface area (Å²) in [5.74, 6) is -0.711. The van der Waals surface area contributed by atoms with Crippen molar-refractivity contribution < 1.29 is 9.90 Å². The predicted molar refractivity (Wildman–Crippen MR) is 62.2 cm³/mol. The smallest absolute Gasteiger partial charge is 0.320 e. The molecule has 0 saturated carbocycles. The van der Waals surface area contributed by atoms with Crippen LogP contribution in [0.4, 0.5) is 0 Å². The van der Waals surface area contributed by atoms with Gasteiger partial charge in [-0.15, -0.1) is 0 Å². The Hall–Kier alpha value is -1.42. The van der Waals surface area contributed by atoms with E-state index < -0.39 is 12.0 Å². The molecule has 88 valence electrons. The lowest BCUT2D eigenvalue weighted by molar-refractivity contribution is -0.140. The number of carbonyl (C=O) groups is 1. The molecule has 4 nitrogen and oxygen atoms in total. The van der Waals surface area contributed by atoms with Crippen molar-refractivity contribution in [3.8, 4) is 0 Å². The minimum absolute atomic E-state index is 0.0845. The first kappa shape index (κ1) is 12.6. The first-order valence-electron chi connectivity index (χ1n) is 5.47. The molecular weight excluding hydrogens is 204 g/mol. The van der Waals surface area contributed by atoms with Gasteiger partial charge in [0, 0.05) is 24.9 Å². The zero-order valence-corrected chi connectivity index (χ0v) is 9.68. The van der Waals surface area contributed by atoms with Crippen LogP contribution < -0.4 is 5.32 Å². The molecule has 0 aliphatic carbocycles. The van der Waals surface area contributed by atoms with Crippen LogP contribution in [-0.2, 0) is 11.2 Å². The number of aliphatic carboxylic acids is 1. The minimum atomic E-state index is -0.795. The van der Waals surface area contributed by atoms with Crippen LogP contribution >= 0.6 is 0 Å². The molecule has 0 saturated heterocycles. The topological polar surface area (TPSA) is 62.2 Å². The van der Waals surface area contributed by atoms with Gasteiger partial charge in [0.25, 0.3) is 0 Å². The lowest BCUT2D eigenvalue weighted by atomic mass is 10.0. The van der Waals surface area contributed by atoms with Crippen molar-refractivity contribution in [3.63, 3.8) is 0 Å². The van der Waals surface area contributed by atoms with Crippen LogP contribution in [0.2, 0.25) is 0 Å². The molecule has 2 N–H and O–H groups in total. The van der Waals surface area contributed by atoms with E-state index in [-0.39, 0.29) is 5.92 Å². The van der Waals surface area contributed by atoms with Crippen molar-refractivity contribution in [1.82, 2.24) is 10.3 Å². The molecule has 1 unspecified atom stereocenters. The highest BCUT2D eigenvalue weighted by molar-refractivity contribution is 5.73. The number of aromatic nitrogens is 1. The Morgan fingerprint density at radius 1 is 1.50 bits per heavy atom. The summed E-state index contributed by atoms with van der Waals surface area (Å²) in [6.45, 7) is 4.42. The Labute approximate surface area is 95.7 Å². The van der Waals surface area contributed by atoms with E-state index >= 15 is 0 Å². The largest absolute Gasteiger partial charge is 0.480 e. The average Bonchev–Trinajstić information content (AvgIpc) is 2.24. The number of nitrogens with one attached hydrogen (secondary N) is 1. The molecule has 0 radical (unpaired) electrons. The summed E-state index contributed by atoms with van der Waals surface area (Å²) >= 11 is 0. The number of hydrogen-bond donors (Lipinski definition) is 2. The highest BCUT2D eigenvalue weighted by Gasteiger charge is 2.19. The zero-order valence-electron chi connectivity index (χ0n) is 9.68. The predicted octanol–water partition coefficient (Wildman–Crippen LogP) is 1.32. The molecule has 0 aliphatic heterocycles. The third-order valence-corrected chi connectivity index (χ3v) is 2.40. The molecule has 0 amide bonds. The monoisotopic (exact) mass is 222 g/mol. The van der Waals surface area contributed by atoms with E-state index in [0.717, 1.165) is 12.1 Å². The van der Waals surface area contributed by atoms with Gasteiger partial charge in [-0.25, -0.2) is 0 Å². The third kappa shape index (κ3) is 3.98. The fourth-order valence-electron chi connectivity index (χ4n) is 1.51. The Morgan fingerprint density at radius 3 is 2.75 bits per heavy atom. The number of hydrogen-bond acceptors (Lipinski definition) is 3. The van der Waals surface area contributed by atoms with Crippen molar-refractivity contribution in [3.05, 3.63) is 30.1 Å². The lowest BCUT2D eigenvalue weighted by Gasteiger charge is -2.17. The summed E-state index contributed by atoms with van der Waals surface area (Å²) in [7, 11) is 0. The van der Waals surface area contributed by atoms with Gasteiger partial charge in [-0.2, -0.15) is 0 Å². The highest BCUT2D eigenvalue weighted by atomic mass is 16.4. The van der Waals surface area contributed by atoms with Crippen molar-refractivity contribution in [2.24, 2.45) is 5.92 Å². The summed E-state index contributed by atoms with van der Waals surface area (Å²) in [6.07, 6.45) is 2.49. The molecule has 0 aliphatic rings. The first-order chi connectivity index (χ1) is 7.61. The van der Waals surface area contributed by atoms with Crippen LogP contribution in [0, 0.1) is 5.92 Å². The second-order valence-corrected chi connectivity index (χ2v) is 4.09. The molecule has 0 fully saturated rings. The molecule has 16 heavy (non-hydrogen) atoms. The van der Waals surface area contributed by atoms with Gasteiger partial charge in [0.05, 0.1) is 0 Å². The summed E-state index contributed by atoms with van der Waals surface area (Å²) in [5, 5.41) is 12.0. The van der Waals surface area contributed by atoms with Crippen molar-refractivity contribution in [2.45, 2.75) is 26.3 Å². The van der Waals surface area contributed by atoms with Crippen molar-refractivity contribution in [2.75, 3.05) is 6.54 Å². The third-order valence-electron chi connectivity index (χ3n) is 2.40. The summed E-state index contributed by atoms with van der Waals surface area (Å²) in [6, 6.07) is 5.25. The number of carboxylic acid groups (broad SMARTS) is 1. The highest BCUT2D eigenvalue weighted by Crippen LogP contribution is 2.02. The van der Waals surface area contributed by atoms with E-state index in [2.05, 4.69) is 10.3 Å². The fraction of sp³-hybridized carbons (Fsp3) is 0.500. The maximum atomic E-state index is 10.9. The standard InChI is InChI=1S/C12H18N2O2/c1-9(2)11(12(15)16)14-8-6-10-5-3-4-7-13-10/h3-5,7,9,11,14H,6,8H2,1-2H3,(H,15,16). The molecule has 4 heteroatoms. The number of pyridine rings is 1. The van der Waals surface area contributed by atoms with E-state index in [1.165, 1.54) is 0 Å². The van der Waals surface area contributed by atoms with Crippen LogP contribution in [0.25, 0.3) is 0 Å². The van der Waals surface area contributed by atoms with Gasteiger partial charge >= 0.3 is 5.97 Å². The Morgan fingerprint density at radius 2 is 2.25 bits per heavy atom. The normalized spacial score (nSPS) is 12.7. The summed E-state index contributed by atoms with van der Waals surface area (Å²) in [4.78, 5) is 15.1. The lowest BCUT2D eigenvalue weighted by Crippen LogP contribution is -2.41. The van der Waals surface area contributed by atoms with Crippen LogP contribution in [0.15, 0.2) is 24.4 Å². The van der Waals surface area contributed by atoms with Gasteiger partial charge in [-0.3, -0.25) is 9.78 Å². The van der Waals surface area contributed by atoms with E-state index in [4.69, 9.17) is 5.11 Å². The molecule has 1 atom stereocenters. The van der Waals surface area contributed by atoms with Gasteiger partial charge in [0.15, 0.2) is 0 Å². The van der Waals surface area contributed by atoms with Crippen molar-refractivity contribution in [1.29, 1.82) is 0 Å². The van der Waals surface area contributed by atoms with E-state index in [0.29, 0.717) is 6.54 Å². The van der Waals surface area contributed by atoms with E-state index in [1.54, 1.807) is 6.20 Å². The fourth-order valence-corrected chi connectivity index (χ4v) is 1.51.